The van der Waals surface area contributed by atoms with Gasteiger partial charge in [-0.2, -0.15) is 5.26 Å². The molecule has 2 heteroatoms. The van der Waals surface area contributed by atoms with E-state index in [1.807, 2.05) is 30.3 Å². The van der Waals surface area contributed by atoms with E-state index in [9.17, 15) is 0 Å². The Kier molecular flexibility index (Phi) is 1.49. The Morgan fingerprint density at radius 3 is 2.67 bits per heavy atom. The van der Waals surface area contributed by atoms with Gasteiger partial charge in [0.05, 0.1) is 0 Å². The zero-order chi connectivity index (χ0) is 8.39. The molecule has 0 aliphatic heterocycles. The lowest BCUT2D eigenvalue weighted by Crippen LogP contribution is -1.81. The molecule has 1 heterocycles. The predicted octanol–water partition coefficient (Wildman–Crippen LogP) is 2.11. The van der Waals surface area contributed by atoms with Crippen molar-refractivity contribution in [1.29, 1.82) is 5.26 Å². The summed E-state index contributed by atoms with van der Waals surface area (Å²) in [6, 6.07) is 11.6. The molecule has 0 unspecified atom stereocenters. The van der Waals surface area contributed by atoms with Crippen LogP contribution >= 0.6 is 0 Å². The Bertz CT molecular complexity index is 455. The zero-order valence-electron chi connectivity index (χ0n) is 6.36. The van der Waals surface area contributed by atoms with Crippen molar-refractivity contribution in [2.75, 3.05) is 0 Å². The first-order valence-corrected chi connectivity index (χ1v) is 3.65. The molecule has 2 nitrogen and oxygen atoms in total. The minimum Gasteiger partial charge on any atom is -0.245 e. The lowest BCUT2D eigenvalue weighted by molar-refractivity contribution is 1.29. The van der Waals surface area contributed by atoms with Gasteiger partial charge in [0.1, 0.15) is 11.8 Å². The average molecular weight is 154 g/mol. The van der Waals surface area contributed by atoms with Gasteiger partial charge in [0, 0.05) is 11.6 Å². The van der Waals surface area contributed by atoms with Crippen molar-refractivity contribution in [3.63, 3.8) is 0 Å². The van der Waals surface area contributed by atoms with Crippen LogP contribution in [-0.4, -0.2) is 4.98 Å². The number of nitriles is 1. The van der Waals surface area contributed by atoms with E-state index in [1.165, 1.54) is 0 Å². The summed E-state index contributed by atoms with van der Waals surface area (Å²) in [4.78, 5) is 3.96. The van der Waals surface area contributed by atoms with E-state index in [1.54, 1.807) is 12.3 Å². The lowest BCUT2D eigenvalue weighted by Gasteiger charge is -1.94. The number of hydrogen-bond acceptors (Lipinski definition) is 2. The molecule has 0 aliphatic rings. The SMILES string of the molecule is N#Cc1cc2ccccc2cn1. The van der Waals surface area contributed by atoms with E-state index in [2.05, 4.69) is 4.98 Å². The molecule has 0 atom stereocenters. The third-order valence-electron chi connectivity index (χ3n) is 1.75. The summed E-state index contributed by atoms with van der Waals surface area (Å²) in [5.74, 6) is 0. The standard InChI is InChI=1S/C10H6N2/c11-6-10-5-8-3-1-2-4-9(8)7-12-10/h1-5,7H. The van der Waals surface area contributed by atoms with Gasteiger partial charge in [0.15, 0.2) is 0 Å². The minimum atomic E-state index is 0.466. The minimum absolute atomic E-state index is 0.466. The van der Waals surface area contributed by atoms with Crippen molar-refractivity contribution in [2.24, 2.45) is 0 Å². The maximum absolute atomic E-state index is 8.58. The van der Waals surface area contributed by atoms with Gasteiger partial charge in [-0.1, -0.05) is 24.3 Å². The summed E-state index contributed by atoms with van der Waals surface area (Å²) >= 11 is 0. The summed E-state index contributed by atoms with van der Waals surface area (Å²) in [6.45, 7) is 0. The fourth-order valence-corrected chi connectivity index (χ4v) is 1.14. The summed E-state index contributed by atoms with van der Waals surface area (Å²) in [5.41, 5.74) is 0.466. The second kappa shape index (κ2) is 2.63. The molecule has 0 aliphatic carbocycles. The van der Waals surface area contributed by atoms with E-state index in [-0.39, 0.29) is 0 Å². The maximum atomic E-state index is 8.58. The first kappa shape index (κ1) is 6.81. The third kappa shape index (κ3) is 1.02. The number of benzene rings is 1. The number of pyridine rings is 1. The summed E-state index contributed by atoms with van der Waals surface area (Å²) in [6.07, 6.45) is 1.72. The Hall–Kier alpha value is -1.88. The first-order chi connectivity index (χ1) is 5.90. The van der Waals surface area contributed by atoms with Crippen LogP contribution in [0, 0.1) is 11.3 Å². The van der Waals surface area contributed by atoms with Crippen LogP contribution in [0.5, 0.6) is 0 Å². The summed E-state index contributed by atoms with van der Waals surface area (Å²) in [7, 11) is 0. The largest absolute Gasteiger partial charge is 0.245 e. The number of rotatable bonds is 0. The van der Waals surface area contributed by atoms with E-state index >= 15 is 0 Å². The van der Waals surface area contributed by atoms with Gasteiger partial charge >= 0.3 is 0 Å². The molecule has 0 spiro atoms. The van der Waals surface area contributed by atoms with Gasteiger partial charge in [-0.3, -0.25) is 0 Å². The molecular formula is C10H6N2. The van der Waals surface area contributed by atoms with Crippen LogP contribution in [0.25, 0.3) is 10.8 Å². The fourth-order valence-electron chi connectivity index (χ4n) is 1.14. The van der Waals surface area contributed by atoms with Gasteiger partial charge < -0.3 is 0 Å². The third-order valence-corrected chi connectivity index (χ3v) is 1.75. The quantitative estimate of drug-likeness (QED) is 0.582. The Labute approximate surface area is 70.1 Å². The highest BCUT2D eigenvalue weighted by Crippen LogP contribution is 2.12. The fraction of sp³-hybridized carbons (Fsp3) is 0. The van der Waals surface area contributed by atoms with Crippen LogP contribution in [-0.2, 0) is 0 Å². The van der Waals surface area contributed by atoms with Crippen molar-refractivity contribution in [2.45, 2.75) is 0 Å². The number of fused-ring (bicyclic) bond motifs is 1. The van der Waals surface area contributed by atoms with Crippen LogP contribution in [0.15, 0.2) is 36.5 Å². The monoisotopic (exact) mass is 154 g/mol. The molecule has 2 rings (SSSR count). The predicted molar refractivity (Wildman–Crippen MR) is 46.5 cm³/mol. The average Bonchev–Trinajstić information content (AvgIpc) is 2.17. The zero-order valence-corrected chi connectivity index (χ0v) is 6.36. The molecule has 56 valence electrons. The van der Waals surface area contributed by atoms with Gasteiger partial charge in [-0.15, -0.1) is 0 Å². The van der Waals surface area contributed by atoms with E-state index in [4.69, 9.17) is 5.26 Å². The molecule has 0 saturated carbocycles. The molecule has 0 bridgehead atoms. The maximum Gasteiger partial charge on any atom is 0.141 e. The highest BCUT2D eigenvalue weighted by molar-refractivity contribution is 5.82. The van der Waals surface area contributed by atoms with Crippen LogP contribution in [0.3, 0.4) is 0 Å². The number of nitrogens with zero attached hydrogens (tertiary/aromatic N) is 2. The molecule has 1 aromatic heterocycles. The highest BCUT2D eigenvalue weighted by Gasteiger charge is 1.94. The molecule has 1 aromatic carbocycles. The van der Waals surface area contributed by atoms with E-state index in [0.717, 1.165) is 10.8 Å². The van der Waals surface area contributed by atoms with Crippen LogP contribution in [0.2, 0.25) is 0 Å². The second-order valence-corrected chi connectivity index (χ2v) is 2.53. The normalized spacial score (nSPS) is 9.58. The summed E-state index contributed by atoms with van der Waals surface area (Å²) < 4.78 is 0. The molecule has 0 radical (unpaired) electrons. The first-order valence-electron chi connectivity index (χ1n) is 3.65. The van der Waals surface area contributed by atoms with Crippen LogP contribution < -0.4 is 0 Å². The summed E-state index contributed by atoms with van der Waals surface area (Å²) in [5, 5.41) is 10.7. The second-order valence-electron chi connectivity index (χ2n) is 2.53. The molecule has 0 saturated heterocycles. The van der Waals surface area contributed by atoms with E-state index < -0.39 is 0 Å². The number of hydrogen-bond donors (Lipinski definition) is 0. The van der Waals surface area contributed by atoms with Crippen molar-refractivity contribution in [1.82, 2.24) is 4.98 Å². The molecule has 12 heavy (non-hydrogen) atoms. The van der Waals surface area contributed by atoms with Gasteiger partial charge in [-0.25, -0.2) is 4.98 Å². The van der Waals surface area contributed by atoms with Gasteiger partial charge in [0.25, 0.3) is 0 Å². The Morgan fingerprint density at radius 2 is 1.92 bits per heavy atom. The molecule has 0 N–H and O–H groups in total. The molecule has 0 amide bonds. The van der Waals surface area contributed by atoms with Gasteiger partial charge in [-0.05, 0) is 11.5 Å². The Morgan fingerprint density at radius 1 is 1.17 bits per heavy atom. The lowest BCUT2D eigenvalue weighted by atomic mass is 10.1. The van der Waals surface area contributed by atoms with Crippen molar-refractivity contribution in [3.8, 4) is 6.07 Å². The molecular weight excluding hydrogens is 148 g/mol. The van der Waals surface area contributed by atoms with Crippen molar-refractivity contribution >= 4 is 10.8 Å². The van der Waals surface area contributed by atoms with E-state index in [0.29, 0.717) is 5.69 Å². The van der Waals surface area contributed by atoms with Crippen LogP contribution in [0.1, 0.15) is 5.69 Å². The highest BCUT2D eigenvalue weighted by atomic mass is 14.7. The smallest absolute Gasteiger partial charge is 0.141 e. The van der Waals surface area contributed by atoms with Crippen LogP contribution in [0.4, 0.5) is 0 Å². The Balaban J connectivity index is 2.78. The van der Waals surface area contributed by atoms with Crippen molar-refractivity contribution in [3.05, 3.63) is 42.2 Å². The number of aromatic nitrogens is 1. The topological polar surface area (TPSA) is 36.7 Å². The van der Waals surface area contributed by atoms with Gasteiger partial charge in [0.2, 0.25) is 0 Å². The van der Waals surface area contributed by atoms with Crippen molar-refractivity contribution < 1.29 is 0 Å². The molecule has 2 aromatic rings. The molecule has 0 fully saturated rings.